The van der Waals surface area contributed by atoms with Gasteiger partial charge in [-0.2, -0.15) is 0 Å². The Balaban J connectivity index is 2.13. The summed E-state index contributed by atoms with van der Waals surface area (Å²) in [6.45, 7) is 0. The molecule has 5 heteroatoms. The number of ether oxygens (including phenoxy) is 1. The van der Waals surface area contributed by atoms with Crippen molar-refractivity contribution < 1.29 is 4.74 Å². The maximum atomic E-state index is 5.26. The Morgan fingerprint density at radius 1 is 1.35 bits per heavy atom. The van der Waals surface area contributed by atoms with Gasteiger partial charge < -0.3 is 10.1 Å². The molecule has 3 rings (SSSR count). The summed E-state index contributed by atoms with van der Waals surface area (Å²) in [5.41, 5.74) is 0.892. The minimum Gasteiger partial charge on any atom is -0.495 e. The van der Waals surface area contributed by atoms with Crippen molar-refractivity contribution in [2.75, 3.05) is 12.4 Å². The fourth-order valence-electron chi connectivity index (χ4n) is 1.75. The van der Waals surface area contributed by atoms with Crippen LogP contribution in [0.5, 0.6) is 5.75 Å². The molecule has 4 nitrogen and oxygen atoms in total. The predicted molar refractivity (Wildman–Crippen MR) is 70.4 cm³/mol. The molecule has 1 fully saturated rings. The van der Waals surface area contributed by atoms with E-state index in [1.807, 2.05) is 12.1 Å². The van der Waals surface area contributed by atoms with E-state index in [9.17, 15) is 0 Å². The van der Waals surface area contributed by atoms with Crippen LogP contribution in [-0.4, -0.2) is 23.1 Å². The fraction of sp³-hybridized carbons (Fsp3) is 0.333. The first-order chi connectivity index (χ1) is 8.28. The van der Waals surface area contributed by atoms with Crippen molar-refractivity contribution in [3.05, 3.63) is 22.9 Å². The first-order valence-electron chi connectivity index (χ1n) is 5.52. The first kappa shape index (κ1) is 10.8. The van der Waals surface area contributed by atoms with Crippen molar-refractivity contribution in [2.24, 2.45) is 0 Å². The average Bonchev–Trinajstić information content (AvgIpc) is 3.13. The molecule has 0 saturated heterocycles. The summed E-state index contributed by atoms with van der Waals surface area (Å²) in [7, 11) is 1.65. The Morgan fingerprint density at radius 3 is 2.88 bits per heavy atom. The van der Waals surface area contributed by atoms with Crippen LogP contribution in [0.2, 0.25) is 0 Å². The van der Waals surface area contributed by atoms with E-state index in [0.717, 1.165) is 26.9 Å². The van der Waals surface area contributed by atoms with Crippen LogP contribution in [0.15, 0.2) is 22.9 Å². The average molecular weight is 294 g/mol. The van der Waals surface area contributed by atoms with Crippen LogP contribution in [0, 0.1) is 0 Å². The number of aromatic nitrogens is 2. The van der Waals surface area contributed by atoms with Crippen molar-refractivity contribution in [1.29, 1.82) is 0 Å². The standard InChI is InChI=1S/C12H12BrN3O/c1-17-11-5-10-8(4-9(11)13)12(15-6-14-10)16-7-2-3-7/h4-7H,2-3H2,1H3,(H,14,15,16). The van der Waals surface area contributed by atoms with Gasteiger partial charge in [-0.05, 0) is 34.8 Å². The molecule has 0 bridgehead atoms. The molecule has 0 radical (unpaired) electrons. The van der Waals surface area contributed by atoms with Gasteiger partial charge in [0, 0.05) is 17.5 Å². The molecule has 0 spiro atoms. The maximum Gasteiger partial charge on any atom is 0.137 e. The maximum absolute atomic E-state index is 5.26. The second-order valence-corrected chi connectivity index (χ2v) is 5.00. The van der Waals surface area contributed by atoms with Crippen molar-refractivity contribution in [2.45, 2.75) is 18.9 Å². The number of hydrogen-bond donors (Lipinski definition) is 1. The molecule has 1 aliphatic rings. The van der Waals surface area contributed by atoms with Crippen molar-refractivity contribution in [1.82, 2.24) is 9.97 Å². The summed E-state index contributed by atoms with van der Waals surface area (Å²) in [4.78, 5) is 8.57. The molecule has 1 aromatic heterocycles. The van der Waals surface area contributed by atoms with E-state index in [4.69, 9.17) is 4.74 Å². The van der Waals surface area contributed by atoms with Crippen LogP contribution in [-0.2, 0) is 0 Å². The minimum absolute atomic E-state index is 0.578. The normalized spacial score (nSPS) is 14.9. The van der Waals surface area contributed by atoms with Gasteiger partial charge in [-0.25, -0.2) is 9.97 Å². The van der Waals surface area contributed by atoms with Gasteiger partial charge in [0.25, 0.3) is 0 Å². The van der Waals surface area contributed by atoms with Gasteiger partial charge in [-0.3, -0.25) is 0 Å². The summed E-state index contributed by atoms with van der Waals surface area (Å²) < 4.78 is 6.18. The number of rotatable bonds is 3. The fourth-order valence-corrected chi connectivity index (χ4v) is 2.26. The molecule has 0 atom stereocenters. The lowest BCUT2D eigenvalue weighted by Crippen LogP contribution is -2.04. The molecule has 1 heterocycles. The lowest BCUT2D eigenvalue weighted by molar-refractivity contribution is 0.412. The van der Waals surface area contributed by atoms with Gasteiger partial charge in [0.2, 0.25) is 0 Å². The molecule has 0 amide bonds. The summed E-state index contributed by atoms with van der Waals surface area (Å²) >= 11 is 3.49. The number of nitrogens with one attached hydrogen (secondary N) is 1. The van der Waals surface area contributed by atoms with Gasteiger partial charge in [0.1, 0.15) is 17.9 Å². The van der Waals surface area contributed by atoms with Crippen LogP contribution in [0.1, 0.15) is 12.8 Å². The molecule has 0 unspecified atom stereocenters. The number of halogens is 1. The van der Waals surface area contributed by atoms with E-state index in [1.54, 1.807) is 13.4 Å². The highest BCUT2D eigenvalue weighted by Gasteiger charge is 2.22. The molecule has 1 aromatic carbocycles. The predicted octanol–water partition coefficient (Wildman–Crippen LogP) is 2.98. The lowest BCUT2D eigenvalue weighted by atomic mass is 10.2. The zero-order valence-electron chi connectivity index (χ0n) is 9.40. The van der Waals surface area contributed by atoms with Crippen LogP contribution in [0.3, 0.4) is 0 Å². The minimum atomic E-state index is 0.578. The molecule has 2 aromatic rings. The van der Waals surface area contributed by atoms with E-state index in [1.165, 1.54) is 12.8 Å². The summed E-state index contributed by atoms with van der Waals surface area (Å²) in [6.07, 6.45) is 4.03. The molecule has 1 N–H and O–H groups in total. The van der Waals surface area contributed by atoms with Gasteiger partial charge in [-0.1, -0.05) is 0 Å². The second kappa shape index (κ2) is 4.14. The SMILES string of the molecule is COc1cc2ncnc(NC3CC3)c2cc1Br. The van der Waals surface area contributed by atoms with Crippen LogP contribution in [0.25, 0.3) is 10.9 Å². The van der Waals surface area contributed by atoms with Crippen molar-refractivity contribution in [3.8, 4) is 5.75 Å². The van der Waals surface area contributed by atoms with E-state index < -0.39 is 0 Å². The van der Waals surface area contributed by atoms with Crippen LogP contribution >= 0.6 is 15.9 Å². The van der Waals surface area contributed by atoms with E-state index in [-0.39, 0.29) is 0 Å². The van der Waals surface area contributed by atoms with Crippen molar-refractivity contribution in [3.63, 3.8) is 0 Å². The van der Waals surface area contributed by atoms with Gasteiger partial charge in [-0.15, -0.1) is 0 Å². The van der Waals surface area contributed by atoms with E-state index in [2.05, 4.69) is 31.2 Å². The number of hydrogen-bond acceptors (Lipinski definition) is 4. The lowest BCUT2D eigenvalue weighted by Gasteiger charge is -2.09. The monoisotopic (exact) mass is 293 g/mol. The Labute approximate surface area is 108 Å². The number of fused-ring (bicyclic) bond motifs is 1. The number of nitrogens with zero attached hydrogens (tertiary/aromatic N) is 2. The summed E-state index contributed by atoms with van der Waals surface area (Å²) in [6, 6.07) is 4.49. The molecule has 88 valence electrons. The van der Waals surface area contributed by atoms with Gasteiger partial charge in [0.05, 0.1) is 17.1 Å². The van der Waals surface area contributed by atoms with Gasteiger partial charge >= 0.3 is 0 Å². The number of benzene rings is 1. The number of methoxy groups -OCH3 is 1. The topological polar surface area (TPSA) is 47.0 Å². The Morgan fingerprint density at radius 2 is 2.18 bits per heavy atom. The largest absolute Gasteiger partial charge is 0.495 e. The molecule has 1 aliphatic carbocycles. The van der Waals surface area contributed by atoms with E-state index >= 15 is 0 Å². The third kappa shape index (κ3) is 2.07. The zero-order chi connectivity index (χ0) is 11.8. The highest BCUT2D eigenvalue weighted by Crippen LogP contribution is 2.33. The summed E-state index contributed by atoms with van der Waals surface area (Å²) in [5, 5.41) is 4.43. The third-order valence-corrected chi connectivity index (χ3v) is 3.45. The molecular weight excluding hydrogens is 282 g/mol. The Hall–Kier alpha value is -1.36. The highest BCUT2D eigenvalue weighted by molar-refractivity contribution is 9.10. The smallest absolute Gasteiger partial charge is 0.137 e. The molecular formula is C12H12BrN3O. The molecule has 17 heavy (non-hydrogen) atoms. The van der Waals surface area contributed by atoms with Crippen molar-refractivity contribution >= 4 is 32.7 Å². The first-order valence-corrected chi connectivity index (χ1v) is 6.32. The van der Waals surface area contributed by atoms with Crippen LogP contribution in [0.4, 0.5) is 5.82 Å². The Bertz CT molecular complexity index is 569. The zero-order valence-corrected chi connectivity index (χ0v) is 11.0. The third-order valence-electron chi connectivity index (χ3n) is 2.83. The quantitative estimate of drug-likeness (QED) is 0.945. The molecule has 0 aliphatic heterocycles. The van der Waals surface area contributed by atoms with E-state index in [0.29, 0.717) is 6.04 Å². The second-order valence-electron chi connectivity index (χ2n) is 4.14. The Kier molecular flexibility index (Phi) is 2.63. The summed E-state index contributed by atoms with van der Waals surface area (Å²) in [5.74, 6) is 1.69. The molecule has 1 saturated carbocycles. The van der Waals surface area contributed by atoms with Gasteiger partial charge in [0.15, 0.2) is 0 Å². The number of anilines is 1. The van der Waals surface area contributed by atoms with Crippen LogP contribution < -0.4 is 10.1 Å². The highest BCUT2D eigenvalue weighted by atomic mass is 79.9.